The predicted molar refractivity (Wildman–Crippen MR) is 429 cm³/mol. The van der Waals surface area contributed by atoms with Gasteiger partial charge in [-0.15, -0.1) is 0 Å². The van der Waals surface area contributed by atoms with Crippen LogP contribution in [0.5, 0.6) is 0 Å². The van der Waals surface area contributed by atoms with Gasteiger partial charge >= 0.3 is 0 Å². The summed E-state index contributed by atoms with van der Waals surface area (Å²) in [6, 6.07) is 120. The molecule has 0 fully saturated rings. The van der Waals surface area contributed by atoms with E-state index in [2.05, 4.69) is 397 Å². The fraction of sp³-hybridized carbons (Fsp3) is 0.134. The minimum Gasteiger partial charge on any atom is -0.309 e. The summed E-state index contributed by atoms with van der Waals surface area (Å²) < 4.78 is 5.00. The molecule has 488 valence electrons. The Labute approximate surface area is 593 Å². The van der Waals surface area contributed by atoms with Gasteiger partial charge in [-0.2, -0.15) is 0 Å². The average molecular weight is 1300 g/mol. The molecular formula is C97H80N4. The molecule has 14 aromatic carbocycles. The van der Waals surface area contributed by atoms with Crippen molar-refractivity contribution in [1.82, 2.24) is 9.13 Å². The predicted octanol–water partition coefficient (Wildman–Crippen LogP) is 26.9. The average Bonchev–Trinajstić information content (AvgIpc) is 1.46. The van der Waals surface area contributed by atoms with Crippen molar-refractivity contribution in [3.63, 3.8) is 0 Å². The fourth-order valence-electron chi connectivity index (χ4n) is 16.8. The number of benzene rings is 14. The summed E-state index contributed by atoms with van der Waals surface area (Å²) in [6.07, 6.45) is 0. The lowest BCUT2D eigenvalue weighted by Crippen LogP contribution is -2.31. The van der Waals surface area contributed by atoms with Crippen LogP contribution in [0.1, 0.15) is 102 Å². The third kappa shape index (κ3) is 9.93. The van der Waals surface area contributed by atoms with Crippen molar-refractivity contribution in [3.8, 4) is 67.0 Å². The van der Waals surface area contributed by atoms with E-state index in [-0.39, 0.29) is 22.2 Å². The fourth-order valence-corrected chi connectivity index (χ4v) is 16.8. The molecular weight excluding hydrogens is 1220 g/mol. The first-order valence-electron chi connectivity index (χ1n) is 35.8. The molecule has 4 heterocycles. The number of aromatic nitrogens is 2. The van der Waals surface area contributed by atoms with Gasteiger partial charge in [-0.3, -0.25) is 0 Å². The van der Waals surface area contributed by atoms with Crippen LogP contribution in [0.15, 0.2) is 315 Å². The van der Waals surface area contributed by atoms with E-state index in [1.54, 1.807) is 0 Å². The molecule has 4 heteroatoms. The van der Waals surface area contributed by atoms with Gasteiger partial charge in [0.15, 0.2) is 0 Å². The lowest BCUT2D eigenvalue weighted by atomic mass is 9.71. The molecule has 0 radical (unpaired) electrons. The van der Waals surface area contributed by atoms with Gasteiger partial charge in [0.05, 0.1) is 56.2 Å². The van der Waals surface area contributed by atoms with Crippen molar-refractivity contribution in [2.24, 2.45) is 0 Å². The second-order valence-electron chi connectivity index (χ2n) is 30.8. The molecule has 4 nitrogen and oxygen atoms in total. The Morgan fingerprint density at radius 3 is 1.14 bits per heavy atom. The summed E-state index contributed by atoms with van der Waals surface area (Å²) in [5.74, 6) is -0.226. The minimum atomic E-state index is -0.331. The molecule has 16 aromatic rings. The van der Waals surface area contributed by atoms with Crippen LogP contribution in [-0.4, -0.2) is 9.13 Å². The number of fused-ring (bicyclic) bond motifs is 10. The van der Waals surface area contributed by atoms with Crippen molar-refractivity contribution < 1.29 is 0 Å². The second kappa shape index (κ2) is 23.5. The SMILES string of the molecule is CC(C)(C)c1ccc2c(c1)N(c1c(-c3ccccc3)cc3c(c1-c1ccccc1)c1ccccc1n3-c1ccccc1)c1cc(C(C)(C)C)cc3c1C2c1cc(-c2ccccc2C(C)(C)C)ccc1N3c1c(-c2ccccc2)cc2c(c1-c1ccccc1)c1ccccc1n2-c1ccccc1. The van der Waals surface area contributed by atoms with E-state index in [1.807, 2.05) is 0 Å². The van der Waals surface area contributed by atoms with Crippen LogP contribution >= 0.6 is 0 Å². The molecule has 1 atom stereocenters. The largest absolute Gasteiger partial charge is 0.309 e. The van der Waals surface area contributed by atoms with Gasteiger partial charge in [0.25, 0.3) is 0 Å². The van der Waals surface area contributed by atoms with Crippen LogP contribution in [0.3, 0.4) is 0 Å². The molecule has 0 aliphatic carbocycles. The maximum atomic E-state index is 2.77. The molecule has 1 unspecified atom stereocenters. The second-order valence-corrected chi connectivity index (χ2v) is 30.8. The molecule has 2 aliphatic rings. The van der Waals surface area contributed by atoms with Crippen LogP contribution in [-0.2, 0) is 16.2 Å². The number of hydrogen-bond acceptors (Lipinski definition) is 2. The summed E-state index contributed by atoms with van der Waals surface area (Å²) in [5.41, 5.74) is 32.4. The van der Waals surface area contributed by atoms with E-state index in [9.17, 15) is 0 Å². The lowest BCUT2D eigenvalue weighted by molar-refractivity contribution is 0.588. The van der Waals surface area contributed by atoms with Gasteiger partial charge in [0.1, 0.15) is 0 Å². The first kappa shape index (κ1) is 61.6. The molecule has 0 bridgehead atoms. The quantitative estimate of drug-likeness (QED) is 0.143. The van der Waals surface area contributed by atoms with Gasteiger partial charge in [0, 0.05) is 66.7 Å². The molecule has 0 saturated heterocycles. The van der Waals surface area contributed by atoms with Gasteiger partial charge in [0.2, 0.25) is 0 Å². The van der Waals surface area contributed by atoms with Crippen molar-refractivity contribution >= 4 is 77.7 Å². The van der Waals surface area contributed by atoms with Crippen LogP contribution in [0.4, 0.5) is 34.1 Å². The zero-order valence-corrected chi connectivity index (χ0v) is 58.9. The van der Waals surface area contributed by atoms with Crippen LogP contribution in [0, 0.1) is 0 Å². The van der Waals surface area contributed by atoms with Crippen molar-refractivity contribution in [1.29, 1.82) is 0 Å². The molecule has 0 saturated carbocycles. The number of nitrogens with zero attached hydrogens (tertiary/aromatic N) is 4. The van der Waals surface area contributed by atoms with E-state index >= 15 is 0 Å². The molecule has 0 spiro atoms. The van der Waals surface area contributed by atoms with Gasteiger partial charge in [-0.25, -0.2) is 0 Å². The minimum absolute atomic E-state index is 0.131. The highest BCUT2D eigenvalue weighted by Crippen LogP contribution is 2.66. The molecule has 101 heavy (non-hydrogen) atoms. The molecule has 0 N–H and O–H groups in total. The Hall–Kier alpha value is -11.7. The number of para-hydroxylation sites is 4. The summed E-state index contributed by atoms with van der Waals surface area (Å²) in [6.45, 7) is 21.4. The summed E-state index contributed by atoms with van der Waals surface area (Å²) in [4.78, 5) is 5.51. The molecule has 2 aliphatic heterocycles. The zero-order valence-electron chi connectivity index (χ0n) is 58.9. The van der Waals surface area contributed by atoms with Crippen LogP contribution < -0.4 is 9.80 Å². The summed E-state index contributed by atoms with van der Waals surface area (Å²) in [5, 5.41) is 4.81. The van der Waals surface area contributed by atoms with Crippen molar-refractivity contribution in [2.75, 3.05) is 9.80 Å². The smallest absolute Gasteiger partial charge is 0.0626 e. The highest BCUT2D eigenvalue weighted by Gasteiger charge is 2.45. The topological polar surface area (TPSA) is 16.3 Å². The maximum absolute atomic E-state index is 2.77. The number of anilines is 6. The number of hydrogen-bond donors (Lipinski definition) is 0. The van der Waals surface area contributed by atoms with E-state index < -0.39 is 0 Å². The highest BCUT2D eigenvalue weighted by molar-refractivity contribution is 6.24. The first-order chi connectivity index (χ1) is 49.1. The zero-order chi connectivity index (χ0) is 68.6. The Bertz CT molecular complexity index is 5920. The van der Waals surface area contributed by atoms with Gasteiger partial charge in [-0.1, -0.05) is 299 Å². The van der Waals surface area contributed by atoms with Crippen LogP contribution in [0.2, 0.25) is 0 Å². The lowest BCUT2D eigenvalue weighted by Gasteiger charge is -2.47. The van der Waals surface area contributed by atoms with Gasteiger partial charge in [-0.05, 0) is 156 Å². The molecule has 2 aromatic heterocycles. The van der Waals surface area contributed by atoms with Crippen LogP contribution in [0.25, 0.3) is 111 Å². The molecule has 0 amide bonds. The normalized spacial score (nSPS) is 13.7. The maximum Gasteiger partial charge on any atom is 0.0626 e. The van der Waals surface area contributed by atoms with E-state index in [0.717, 1.165) is 95.3 Å². The van der Waals surface area contributed by atoms with Crippen molar-refractivity contribution in [2.45, 2.75) is 84.5 Å². The monoisotopic (exact) mass is 1300 g/mol. The summed E-state index contributed by atoms with van der Waals surface area (Å²) >= 11 is 0. The van der Waals surface area contributed by atoms with Gasteiger partial charge < -0.3 is 18.9 Å². The third-order valence-corrected chi connectivity index (χ3v) is 21.5. The number of rotatable bonds is 9. The molecule has 18 rings (SSSR count). The first-order valence-corrected chi connectivity index (χ1v) is 35.8. The summed E-state index contributed by atoms with van der Waals surface area (Å²) in [7, 11) is 0. The highest BCUT2D eigenvalue weighted by atomic mass is 15.2. The standard InChI is InChI=1S/C97H80N4/c1-95(2,3)67-53-54-74-82(57-67)101(94-76(63-36-18-11-19-37-63)61-86-91(88(94)65-40-22-13-23-41-65)73-48-30-33-51-80(73)99(86)70-44-26-15-27-45-70)84-59-68(96(4,5)6)58-83-92(84)89(74)77-56-66(71-46-28-31-49-78(71)97(7,8)9)52-55-81(77)100(83)93-75(62-34-16-10-17-35-62)60-85-90(87(93)64-38-20-12-21-39-64)72-47-29-32-50-79(72)98(85)69-42-24-14-25-43-69/h10-61,89H,1-9H3. The Balaban J connectivity index is 1.07. The van der Waals surface area contributed by atoms with E-state index in [1.165, 1.54) is 82.9 Å². The van der Waals surface area contributed by atoms with Crippen molar-refractivity contribution in [3.05, 3.63) is 349 Å². The Morgan fingerprint density at radius 2 is 0.673 bits per heavy atom. The van der Waals surface area contributed by atoms with E-state index in [4.69, 9.17) is 0 Å². The third-order valence-electron chi connectivity index (χ3n) is 21.5. The Morgan fingerprint density at radius 1 is 0.267 bits per heavy atom. The Kier molecular flexibility index (Phi) is 14.3. The van der Waals surface area contributed by atoms with E-state index in [0.29, 0.717) is 0 Å².